The second kappa shape index (κ2) is 3.43. The van der Waals surface area contributed by atoms with Crippen LogP contribution in [0, 0.1) is 5.92 Å². The number of hydrogen-bond acceptors (Lipinski definition) is 4. The van der Waals surface area contributed by atoms with Crippen molar-refractivity contribution in [3.8, 4) is 0 Å². The largest absolute Gasteiger partial charge is 0.325 e. The third-order valence-electron chi connectivity index (χ3n) is 2.61. The Kier molecular flexibility index (Phi) is 2.28. The van der Waals surface area contributed by atoms with Crippen molar-refractivity contribution in [3.05, 3.63) is 12.4 Å². The highest BCUT2D eigenvalue weighted by Gasteiger charge is 2.29. The van der Waals surface area contributed by atoms with Gasteiger partial charge in [0.05, 0.1) is 12.2 Å². The third-order valence-corrected chi connectivity index (χ3v) is 2.61. The highest BCUT2D eigenvalue weighted by Crippen LogP contribution is 2.21. The highest BCUT2D eigenvalue weighted by atomic mass is 15.4. The van der Waals surface area contributed by atoms with Crippen molar-refractivity contribution in [2.24, 2.45) is 11.7 Å². The zero-order valence-electron chi connectivity index (χ0n) is 7.72. The summed E-state index contributed by atoms with van der Waals surface area (Å²) in [6.45, 7) is 4.03. The smallest absolute Gasteiger partial charge is 0.0737 e. The van der Waals surface area contributed by atoms with Gasteiger partial charge in [-0.2, -0.15) is 0 Å². The van der Waals surface area contributed by atoms with Gasteiger partial charge in [-0.3, -0.25) is 0 Å². The molecule has 1 saturated heterocycles. The fourth-order valence-electron chi connectivity index (χ4n) is 1.97. The van der Waals surface area contributed by atoms with E-state index in [1.165, 1.54) is 0 Å². The van der Waals surface area contributed by atoms with Crippen molar-refractivity contribution < 1.29 is 0 Å². The van der Waals surface area contributed by atoms with Crippen molar-refractivity contribution in [1.82, 2.24) is 20.3 Å². The fraction of sp³-hybridized carbons (Fsp3) is 0.750. The molecule has 0 saturated carbocycles. The van der Waals surface area contributed by atoms with Crippen LogP contribution < -0.4 is 11.1 Å². The minimum absolute atomic E-state index is 0.130. The molecule has 0 aromatic carbocycles. The number of hydrogen-bond donors (Lipinski definition) is 2. The number of nitrogens with one attached hydrogen (secondary N) is 1. The van der Waals surface area contributed by atoms with Crippen LogP contribution in [0.25, 0.3) is 0 Å². The van der Waals surface area contributed by atoms with Gasteiger partial charge < -0.3 is 11.1 Å². The Bertz CT molecular complexity index is 248. The van der Waals surface area contributed by atoms with Crippen LogP contribution in [0.4, 0.5) is 0 Å². The second-order valence-corrected chi connectivity index (χ2v) is 3.67. The topological polar surface area (TPSA) is 68.8 Å². The lowest BCUT2D eigenvalue weighted by molar-refractivity contribution is 0.220. The molecular weight excluding hydrogens is 166 g/mol. The molecule has 1 aromatic rings. The lowest BCUT2D eigenvalue weighted by Gasteiger charge is -2.34. The zero-order valence-corrected chi connectivity index (χ0v) is 7.72. The van der Waals surface area contributed by atoms with E-state index in [0.717, 1.165) is 13.1 Å². The van der Waals surface area contributed by atoms with Gasteiger partial charge in [0, 0.05) is 18.8 Å². The van der Waals surface area contributed by atoms with Crippen molar-refractivity contribution >= 4 is 0 Å². The van der Waals surface area contributed by atoms with E-state index in [2.05, 4.69) is 22.6 Å². The SMILES string of the molecule is CC1CNCC(N)C1n1ccnn1. The van der Waals surface area contributed by atoms with E-state index in [4.69, 9.17) is 5.73 Å². The Morgan fingerprint density at radius 2 is 2.38 bits per heavy atom. The summed E-state index contributed by atoms with van der Waals surface area (Å²) in [6, 6.07) is 0.411. The normalized spacial score (nSPS) is 34.8. The van der Waals surface area contributed by atoms with Crippen molar-refractivity contribution in [1.29, 1.82) is 0 Å². The van der Waals surface area contributed by atoms with Gasteiger partial charge >= 0.3 is 0 Å². The first-order chi connectivity index (χ1) is 6.29. The van der Waals surface area contributed by atoms with Crippen molar-refractivity contribution in [2.75, 3.05) is 13.1 Å². The summed E-state index contributed by atoms with van der Waals surface area (Å²) in [4.78, 5) is 0. The third kappa shape index (κ3) is 1.57. The Labute approximate surface area is 77.3 Å². The Hall–Kier alpha value is -0.940. The molecule has 0 radical (unpaired) electrons. The van der Waals surface area contributed by atoms with Crippen LogP contribution in [0.15, 0.2) is 12.4 Å². The number of aromatic nitrogens is 3. The van der Waals surface area contributed by atoms with E-state index >= 15 is 0 Å². The van der Waals surface area contributed by atoms with E-state index in [1.807, 2.05) is 10.9 Å². The van der Waals surface area contributed by atoms with Crippen LogP contribution in [-0.2, 0) is 0 Å². The summed E-state index contributed by atoms with van der Waals surface area (Å²) in [6.07, 6.45) is 3.58. The second-order valence-electron chi connectivity index (χ2n) is 3.67. The van der Waals surface area contributed by atoms with Gasteiger partial charge in [-0.25, -0.2) is 4.68 Å². The molecule has 0 bridgehead atoms. The molecule has 5 heteroatoms. The summed E-state index contributed by atoms with van der Waals surface area (Å²) >= 11 is 0. The van der Waals surface area contributed by atoms with Crippen LogP contribution in [0.1, 0.15) is 13.0 Å². The van der Waals surface area contributed by atoms with Gasteiger partial charge in [0.25, 0.3) is 0 Å². The molecule has 3 atom stereocenters. The first kappa shape index (κ1) is 8.65. The molecule has 0 spiro atoms. The van der Waals surface area contributed by atoms with Gasteiger partial charge in [0.2, 0.25) is 0 Å². The van der Waals surface area contributed by atoms with Crippen LogP contribution in [0.2, 0.25) is 0 Å². The Morgan fingerprint density at radius 3 is 3.00 bits per heavy atom. The predicted molar refractivity (Wildman–Crippen MR) is 49.1 cm³/mol. The molecule has 0 amide bonds. The number of nitrogens with two attached hydrogens (primary N) is 1. The molecule has 3 N–H and O–H groups in total. The number of piperidine rings is 1. The lowest BCUT2D eigenvalue weighted by Crippen LogP contribution is -2.51. The van der Waals surface area contributed by atoms with Crippen molar-refractivity contribution in [2.45, 2.75) is 19.0 Å². The molecule has 13 heavy (non-hydrogen) atoms. The minimum atomic E-state index is 0.130. The van der Waals surface area contributed by atoms with Crippen LogP contribution in [0.5, 0.6) is 0 Å². The van der Waals surface area contributed by atoms with Crippen LogP contribution in [-0.4, -0.2) is 34.1 Å². The van der Waals surface area contributed by atoms with E-state index < -0.39 is 0 Å². The summed E-state index contributed by atoms with van der Waals surface area (Å²) in [7, 11) is 0. The van der Waals surface area contributed by atoms with Gasteiger partial charge in [0.15, 0.2) is 0 Å². The maximum Gasteiger partial charge on any atom is 0.0737 e. The molecule has 5 nitrogen and oxygen atoms in total. The van der Waals surface area contributed by atoms with Crippen LogP contribution >= 0.6 is 0 Å². The molecule has 0 aliphatic carbocycles. The van der Waals surface area contributed by atoms with Crippen molar-refractivity contribution in [3.63, 3.8) is 0 Å². The number of rotatable bonds is 1. The fourth-order valence-corrected chi connectivity index (χ4v) is 1.97. The predicted octanol–water partition coefficient (Wildman–Crippen LogP) is -0.614. The Balaban J connectivity index is 2.19. The average molecular weight is 181 g/mol. The van der Waals surface area contributed by atoms with Gasteiger partial charge in [-0.15, -0.1) is 5.10 Å². The molecule has 1 aromatic heterocycles. The monoisotopic (exact) mass is 181 g/mol. The molecule has 3 unspecified atom stereocenters. The summed E-state index contributed by atoms with van der Waals surface area (Å²) in [5.41, 5.74) is 6.01. The minimum Gasteiger partial charge on any atom is -0.325 e. The Morgan fingerprint density at radius 1 is 1.54 bits per heavy atom. The molecule has 2 rings (SSSR count). The first-order valence-electron chi connectivity index (χ1n) is 4.61. The molecule has 1 fully saturated rings. The summed E-state index contributed by atoms with van der Waals surface area (Å²) < 4.78 is 1.87. The number of nitrogens with zero attached hydrogens (tertiary/aromatic N) is 3. The molecule has 2 heterocycles. The van der Waals surface area contributed by atoms with Crippen LogP contribution in [0.3, 0.4) is 0 Å². The average Bonchev–Trinajstić information content (AvgIpc) is 2.57. The standard InChI is InChI=1S/C8H15N5/c1-6-4-10-5-7(9)8(6)13-3-2-11-12-13/h2-3,6-8,10H,4-5,9H2,1H3. The quantitative estimate of drug-likeness (QED) is 0.606. The summed E-state index contributed by atoms with van der Waals surface area (Å²) in [5.74, 6) is 0.505. The highest BCUT2D eigenvalue weighted by molar-refractivity contribution is 4.89. The molecule has 1 aliphatic heterocycles. The van der Waals surface area contributed by atoms with Gasteiger partial charge in [-0.1, -0.05) is 12.1 Å². The zero-order chi connectivity index (χ0) is 9.26. The van der Waals surface area contributed by atoms with Gasteiger partial charge in [-0.05, 0) is 12.5 Å². The molecular formula is C8H15N5. The molecule has 1 aliphatic rings. The van der Waals surface area contributed by atoms with Gasteiger partial charge in [0.1, 0.15) is 0 Å². The van der Waals surface area contributed by atoms with E-state index in [1.54, 1.807) is 6.20 Å². The molecule has 72 valence electrons. The van der Waals surface area contributed by atoms with E-state index in [9.17, 15) is 0 Å². The van der Waals surface area contributed by atoms with E-state index in [0.29, 0.717) is 5.92 Å². The first-order valence-corrected chi connectivity index (χ1v) is 4.61. The lowest BCUT2D eigenvalue weighted by atomic mass is 9.92. The maximum absolute atomic E-state index is 6.01. The maximum atomic E-state index is 6.01. The van der Waals surface area contributed by atoms with E-state index in [-0.39, 0.29) is 12.1 Å². The summed E-state index contributed by atoms with van der Waals surface area (Å²) in [5, 5.41) is 11.1.